The summed E-state index contributed by atoms with van der Waals surface area (Å²) in [5.74, 6) is -2.22. The highest BCUT2D eigenvalue weighted by Crippen LogP contribution is 2.29. The lowest BCUT2D eigenvalue weighted by Crippen LogP contribution is -2.51. The molecule has 0 saturated heterocycles. The number of hydrogen-bond donors (Lipinski definition) is 3. The summed E-state index contributed by atoms with van der Waals surface area (Å²) in [5.41, 5.74) is 0.615. The third-order valence-electron chi connectivity index (χ3n) is 5.59. The molecule has 186 valence electrons. The molecule has 1 aliphatic heterocycles. The van der Waals surface area contributed by atoms with Gasteiger partial charge in [-0.05, 0) is 48.2 Å². The molecule has 2 amide bonds. The Kier molecular flexibility index (Phi) is 7.63. The number of aliphatic carboxylic acids is 1. The summed E-state index contributed by atoms with van der Waals surface area (Å²) in [4.78, 5) is 43.6. The minimum absolute atomic E-state index is 0.0281. The SMILES string of the molecule is CC1(C(=O)NC(Cc2ccc(NC(=O)c3c(Cl)cccc3Cl)cc2)C(=O)O)CC(c2cccs2)=NO1. The van der Waals surface area contributed by atoms with E-state index in [9.17, 15) is 19.5 Å². The monoisotopic (exact) mass is 545 g/mol. The molecule has 3 aromatic rings. The highest BCUT2D eigenvalue weighted by Gasteiger charge is 2.43. The average Bonchev–Trinajstić information content (AvgIpc) is 3.50. The Morgan fingerprint density at radius 1 is 1.11 bits per heavy atom. The summed E-state index contributed by atoms with van der Waals surface area (Å²) in [6.45, 7) is 1.58. The van der Waals surface area contributed by atoms with E-state index in [0.29, 0.717) is 17.0 Å². The number of carbonyl (C=O) groups is 3. The summed E-state index contributed by atoms with van der Waals surface area (Å²) in [5, 5.41) is 21.3. The normalized spacial score (nSPS) is 17.6. The number of nitrogens with one attached hydrogen (secondary N) is 2. The number of hydrogen-bond acceptors (Lipinski definition) is 6. The van der Waals surface area contributed by atoms with Crippen LogP contribution in [0.4, 0.5) is 5.69 Å². The number of carboxylic acids is 1. The van der Waals surface area contributed by atoms with Gasteiger partial charge in [0, 0.05) is 18.5 Å². The van der Waals surface area contributed by atoms with Crippen molar-refractivity contribution in [2.45, 2.75) is 31.4 Å². The third kappa shape index (κ3) is 5.70. The summed E-state index contributed by atoms with van der Waals surface area (Å²) in [7, 11) is 0. The molecule has 0 aliphatic carbocycles. The Bertz CT molecular complexity index is 1310. The van der Waals surface area contributed by atoms with E-state index >= 15 is 0 Å². The van der Waals surface area contributed by atoms with Crippen molar-refractivity contribution in [2.24, 2.45) is 5.16 Å². The van der Waals surface area contributed by atoms with Crippen LogP contribution in [0.5, 0.6) is 0 Å². The smallest absolute Gasteiger partial charge is 0.326 e. The second-order valence-electron chi connectivity index (χ2n) is 8.33. The molecule has 4 rings (SSSR count). The molecule has 1 aliphatic rings. The Labute approximate surface area is 220 Å². The largest absolute Gasteiger partial charge is 0.480 e. The lowest BCUT2D eigenvalue weighted by molar-refractivity contribution is -0.148. The zero-order chi connectivity index (χ0) is 25.9. The number of nitrogens with zero attached hydrogens (tertiary/aromatic N) is 1. The average molecular weight is 546 g/mol. The van der Waals surface area contributed by atoms with Crippen molar-refractivity contribution in [1.29, 1.82) is 0 Å². The van der Waals surface area contributed by atoms with Crippen LogP contribution in [-0.2, 0) is 20.8 Å². The summed E-state index contributed by atoms with van der Waals surface area (Å²) in [6.07, 6.45) is 0.260. The lowest BCUT2D eigenvalue weighted by atomic mass is 9.97. The number of carbonyl (C=O) groups excluding carboxylic acids is 2. The van der Waals surface area contributed by atoms with E-state index in [0.717, 1.165) is 4.88 Å². The highest BCUT2D eigenvalue weighted by atomic mass is 35.5. The first-order valence-corrected chi connectivity index (χ1v) is 12.5. The first-order chi connectivity index (χ1) is 17.2. The van der Waals surface area contributed by atoms with E-state index < -0.39 is 29.4 Å². The lowest BCUT2D eigenvalue weighted by Gasteiger charge is -2.23. The molecule has 2 atom stereocenters. The molecule has 0 bridgehead atoms. The van der Waals surface area contributed by atoms with Crippen molar-refractivity contribution in [3.63, 3.8) is 0 Å². The second kappa shape index (κ2) is 10.7. The van der Waals surface area contributed by atoms with Crippen molar-refractivity contribution < 1.29 is 24.3 Å². The predicted molar refractivity (Wildman–Crippen MR) is 139 cm³/mol. The number of anilines is 1. The zero-order valence-corrected chi connectivity index (χ0v) is 21.3. The van der Waals surface area contributed by atoms with E-state index in [4.69, 9.17) is 28.0 Å². The number of halogens is 2. The molecule has 0 fully saturated rings. The maximum atomic E-state index is 12.9. The van der Waals surface area contributed by atoms with Crippen molar-refractivity contribution in [1.82, 2.24) is 5.32 Å². The topological polar surface area (TPSA) is 117 Å². The quantitative estimate of drug-likeness (QED) is 0.368. The van der Waals surface area contributed by atoms with Gasteiger partial charge in [0.2, 0.25) is 5.60 Å². The van der Waals surface area contributed by atoms with Gasteiger partial charge in [0.05, 0.1) is 20.5 Å². The van der Waals surface area contributed by atoms with E-state index in [-0.39, 0.29) is 28.5 Å². The number of amides is 2. The van der Waals surface area contributed by atoms with Crippen LogP contribution in [-0.4, -0.2) is 40.2 Å². The first-order valence-electron chi connectivity index (χ1n) is 10.8. The minimum Gasteiger partial charge on any atom is -0.480 e. The van der Waals surface area contributed by atoms with E-state index in [2.05, 4.69) is 15.8 Å². The molecule has 3 N–H and O–H groups in total. The van der Waals surface area contributed by atoms with Crippen LogP contribution in [0, 0.1) is 0 Å². The van der Waals surface area contributed by atoms with Crippen LogP contribution in [0.2, 0.25) is 10.0 Å². The van der Waals surface area contributed by atoms with Gasteiger partial charge in [-0.2, -0.15) is 0 Å². The van der Waals surface area contributed by atoms with Gasteiger partial charge in [-0.1, -0.05) is 52.6 Å². The van der Waals surface area contributed by atoms with Crippen LogP contribution in [0.25, 0.3) is 0 Å². The number of thiophene rings is 1. The molecule has 2 aromatic carbocycles. The maximum absolute atomic E-state index is 12.9. The number of oxime groups is 1. The highest BCUT2D eigenvalue weighted by molar-refractivity contribution is 7.12. The summed E-state index contributed by atoms with van der Waals surface area (Å²) < 4.78 is 0. The summed E-state index contributed by atoms with van der Waals surface area (Å²) >= 11 is 13.7. The summed E-state index contributed by atoms with van der Waals surface area (Å²) in [6, 6.07) is 13.9. The van der Waals surface area contributed by atoms with Crippen molar-refractivity contribution in [2.75, 3.05) is 5.32 Å². The van der Waals surface area contributed by atoms with Crippen LogP contribution >= 0.6 is 34.5 Å². The molecule has 0 spiro atoms. The van der Waals surface area contributed by atoms with Gasteiger partial charge in [-0.25, -0.2) is 4.79 Å². The zero-order valence-electron chi connectivity index (χ0n) is 19.0. The Balaban J connectivity index is 1.38. The number of benzene rings is 2. The maximum Gasteiger partial charge on any atom is 0.326 e. The number of rotatable bonds is 8. The standard InChI is InChI=1S/C25H21Cl2N3O5S/c1-25(13-19(30-35-25)20-6-3-11-36-20)24(34)29-18(23(32)33)12-14-7-9-15(10-8-14)28-22(31)21-16(26)4-2-5-17(21)27/h2-11,18H,12-13H2,1H3,(H,28,31)(H,29,34)(H,32,33). The van der Waals surface area contributed by atoms with Crippen molar-refractivity contribution in [3.05, 3.63) is 86.0 Å². The van der Waals surface area contributed by atoms with Crippen LogP contribution in [0.15, 0.2) is 65.1 Å². The molecule has 0 saturated carbocycles. The Morgan fingerprint density at radius 2 is 1.81 bits per heavy atom. The van der Waals surface area contributed by atoms with Gasteiger partial charge in [0.1, 0.15) is 11.8 Å². The fourth-order valence-corrected chi connectivity index (χ4v) is 4.89. The molecule has 8 nitrogen and oxygen atoms in total. The Hall–Kier alpha value is -3.40. The van der Waals surface area contributed by atoms with Gasteiger partial charge in [0.15, 0.2) is 0 Å². The molecule has 2 heterocycles. The molecular formula is C25H21Cl2N3O5S. The molecular weight excluding hydrogens is 525 g/mol. The fourth-order valence-electron chi connectivity index (χ4n) is 3.62. The molecule has 2 unspecified atom stereocenters. The van der Waals surface area contributed by atoms with Crippen LogP contribution < -0.4 is 10.6 Å². The molecule has 1 aromatic heterocycles. The van der Waals surface area contributed by atoms with E-state index in [1.807, 2.05) is 17.5 Å². The number of carboxylic acid groups (broad SMARTS) is 1. The van der Waals surface area contributed by atoms with E-state index in [1.54, 1.807) is 49.4 Å². The first kappa shape index (κ1) is 25.7. The Morgan fingerprint density at radius 3 is 2.42 bits per heavy atom. The molecule has 11 heteroatoms. The van der Waals surface area contributed by atoms with Gasteiger partial charge >= 0.3 is 5.97 Å². The van der Waals surface area contributed by atoms with Crippen LogP contribution in [0.3, 0.4) is 0 Å². The molecule has 36 heavy (non-hydrogen) atoms. The third-order valence-corrected chi connectivity index (χ3v) is 7.14. The fraction of sp³-hybridized carbons (Fsp3) is 0.200. The molecule has 0 radical (unpaired) electrons. The predicted octanol–water partition coefficient (Wildman–Crippen LogP) is 5.00. The minimum atomic E-state index is -1.30. The van der Waals surface area contributed by atoms with Gasteiger partial charge in [-0.15, -0.1) is 11.3 Å². The van der Waals surface area contributed by atoms with E-state index in [1.165, 1.54) is 11.3 Å². The van der Waals surface area contributed by atoms with Crippen LogP contribution in [0.1, 0.15) is 34.1 Å². The van der Waals surface area contributed by atoms with Gasteiger partial charge in [-0.3, -0.25) is 9.59 Å². The van der Waals surface area contributed by atoms with Gasteiger partial charge in [0.25, 0.3) is 11.8 Å². The second-order valence-corrected chi connectivity index (χ2v) is 10.1. The van der Waals surface area contributed by atoms with Crippen molar-refractivity contribution in [3.8, 4) is 0 Å². The van der Waals surface area contributed by atoms with Gasteiger partial charge < -0.3 is 20.6 Å². The van der Waals surface area contributed by atoms with Crippen molar-refractivity contribution >= 4 is 63.7 Å².